The largest absolute Gasteiger partial charge is 0.481 e. The smallest absolute Gasteiger partial charge is 0.313 e. The molecule has 0 aromatic heterocycles. The van der Waals surface area contributed by atoms with Crippen LogP contribution in [0.4, 0.5) is 0 Å². The molecule has 0 heterocycles. The van der Waals surface area contributed by atoms with E-state index in [0.29, 0.717) is 12.3 Å². The quantitative estimate of drug-likeness (QED) is 0.789. The lowest BCUT2D eigenvalue weighted by Crippen LogP contribution is -2.31. The molecule has 1 aromatic rings. The molecule has 1 saturated carbocycles. The third-order valence-electron chi connectivity index (χ3n) is 4.79. The normalized spacial score (nSPS) is 25.5. The summed E-state index contributed by atoms with van der Waals surface area (Å²) in [5.74, 6) is 0.160. The van der Waals surface area contributed by atoms with Crippen molar-refractivity contribution >= 4 is 23.6 Å². The fraction of sp³-hybridized carbons (Fsp3) is 0.529. The Balaban J connectivity index is 1.54. The van der Waals surface area contributed by atoms with Crippen LogP contribution in [-0.2, 0) is 21.4 Å². The number of hydrogen-bond acceptors (Lipinski definition) is 3. The zero-order valence-electron chi connectivity index (χ0n) is 12.5. The molecule has 1 spiro atoms. The van der Waals surface area contributed by atoms with Gasteiger partial charge in [0.05, 0.1) is 5.75 Å². The molecule has 22 heavy (non-hydrogen) atoms. The number of thioether (sulfide) groups is 1. The second-order valence-electron chi connectivity index (χ2n) is 6.16. The number of aliphatic carboxylic acids is 1. The van der Waals surface area contributed by atoms with Gasteiger partial charge in [-0.05, 0) is 36.8 Å². The van der Waals surface area contributed by atoms with E-state index in [-0.39, 0.29) is 23.0 Å². The summed E-state index contributed by atoms with van der Waals surface area (Å²) < 4.78 is 0. The molecule has 2 aliphatic carbocycles. The summed E-state index contributed by atoms with van der Waals surface area (Å²) in [6.45, 7) is 0.547. The summed E-state index contributed by atoms with van der Waals surface area (Å²) in [7, 11) is 0. The molecule has 0 radical (unpaired) electrons. The highest BCUT2D eigenvalue weighted by molar-refractivity contribution is 7.99. The van der Waals surface area contributed by atoms with Gasteiger partial charge in [-0.25, -0.2) is 0 Å². The lowest BCUT2D eigenvalue weighted by Gasteiger charge is -2.26. The van der Waals surface area contributed by atoms with Gasteiger partial charge in [0.25, 0.3) is 0 Å². The number of aryl methyl sites for hydroxylation is 1. The molecule has 3 rings (SSSR count). The van der Waals surface area contributed by atoms with Crippen LogP contribution < -0.4 is 5.32 Å². The Morgan fingerprint density at radius 3 is 3.00 bits per heavy atom. The lowest BCUT2D eigenvalue weighted by atomic mass is 9.78. The van der Waals surface area contributed by atoms with Crippen molar-refractivity contribution in [2.45, 2.75) is 31.1 Å². The minimum absolute atomic E-state index is 0.0765. The van der Waals surface area contributed by atoms with Crippen LogP contribution in [0.25, 0.3) is 0 Å². The predicted octanol–water partition coefficient (Wildman–Crippen LogP) is 2.21. The first-order valence-corrected chi connectivity index (χ1v) is 8.94. The van der Waals surface area contributed by atoms with Crippen LogP contribution in [0.3, 0.4) is 0 Å². The monoisotopic (exact) mass is 319 g/mol. The summed E-state index contributed by atoms with van der Waals surface area (Å²) in [5.41, 5.74) is 2.86. The number of rotatable bonds is 6. The highest BCUT2D eigenvalue weighted by Crippen LogP contribution is 2.60. The van der Waals surface area contributed by atoms with E-state index in [2.05, 4.69) is 29.6 Å². The number of fused-ring (bicyclic) bond motifs is 2. The number of carboxylic acids is 1. The van der Waals surface area contributed by atoms with Gasteiger partial charge in [-0.3, -0.25) is 9.59 Å². The first-order valence-electron chi connectivity index (χ1n) is 7.79. The zero-order valence-corrected chi connectivity index (χ0v) is 13.3. The van der Waals surface area contributed by atoms with Crippen molar-refractivity contribution in [3.05, 3.63) is 35.4 Å². The van der Waals surface area contributed by atoms with Crippen molar-refractivity contribution in [2.75, 3.05) is 18.1 Å². The average molecular weight is 319 g/mol. The van der Waals surface area contributed by atoms with Crippen molar-refractivity contribution in [3.8, 4) is 0 Å². The molecule has 1 aromatic carbocycles. The highest BCUT2D eigenvalue weighted by atomic mass is 32.2. The van der Waals surface area contributed by atoms with Crippen LogP contribution in [0.2, 0.25) is 0 Å². The Hall–Kier alpha value is -1.49. The number of hydrogen-bond donors (Lipinski definition) is 2. The van der Waals surface area contributed by atoms with Gasteiger partial charge in [-0.1, -0.05) is 24.3 Å². The molecule has 1 fully saturated rings. The van der Waals surface area contributed by atoms with Gasteiger partial charge < -0.3 is 10.4 Å². The number of benzene rings is 1. The van der Waals surface area contributed by atoms with Gasteiger partial charge in [-0.15, -0.1) is 11.8 Å². The van der Waals surface area contributed by atoms with Crippen LogP contribution in [0, 0.1) is 5.92 Å². The molecule has 4 nitrogen and oxygen atoms in total. The summed E-state index contributed by atoms with van der Waals surface area (Å²) in [4.78, 5) is 22.8. The molecule has 2 atom stereocenters. The van der Waals surface area contributed by atoms with Gasteiger partial charge in [0, 0.05) is 23.6 Å². The maximum atomic E-state index is 12.3. The number of carbonyl (C=O) groups is 2. The average Bonchev–Trinajstić information content (AvgIpc) is 3.22. The van der Waals surface area contributed by atoms with E-state index in [9.17, 15) is 9.59 Å². The van der Waals surface area contributed by atoms with Crippen molar-refractivity contribution in [1.82, 2.24) is 5.32 Å². The first kappa shape index (κ1) is 15.4. The summed E-state index contributed by atoms with van der Waals surface area (Å²) in [6.07, 6.45) is 4.35. The van der Waals surface area contributed by atoms with Gasteiger partial charge in [0.15, 0.2) is 0 Å². The van der Waals surface area contributed by atoms with Crippen molar-refractivity contribution in [2.24, 2.45) is 5.92 Å². The Morgan fingerprint density at radius 2 is 2.18 bits per heavy atom. The minimum atomic E-state index is -0.809. The zero-order chi connectivity index (χ0) is 15.6. The van der Waals surface area contributed by atoms with Crippen LogP contribution in [-0.4, -0.2) is 35.0 Å². The molecule has 2 N–H and O–H groups in total. The molecule has 0 aliphatic heterocycles. The van der Waals surface area contributed by atoms with E-state index in [1.54, 1.807) is 0 Å². The molecule has 2 unspecified atom stereocenters. The number of amides is 1. The van der Waals surface area contributed by atoms with Crippen molar-refractivity contribution in [3.63, 3.8) is 0 Å². The number of carbonyl (C=O) groups excluding carboxylic acids is 1. The Bertz CT molecular complexity index is 589. The second-order valence-corrected chi connectivity index (χ2v) is 7.27. The van der Waals surface area contributed by atoms with Crippen LogP contribution in [0.15, 0.2) is 24.3 Å². The SMILES string of the molecule is O=C(O)CSCCNC(=O)C1CC12CCCc1ccccc12. The molecule has 5 heteroatoms. The predicted molar refractivity (Wildman–Crippen MR) is 87.1 cm³/mol. The third kappa shape index (κ3) is 3.00. The Kier molecular flexibility index (Phi) is 4.43. The number of nitrogens with one attached hydrogen (secondary N) is 1. The highest BCUT2D eigenvalue weighted by Gasteiger charge is 2.59. The summed E-state index contributed by atoms with van der Waals surface area (Å²) in [6, 6.07) is 8.52. The van der Waals surface area contributed by atoms with Crippen molar-refractivity contribution < 1.29 is 14.7 Å². The lowest BCUT2D eigenvalue weighted by molar-refractivity contribution is -0.133. The second kappa shape index (κ2) is 6.32. The van der Waals surface area contributed by atoms with Gasteiger partial charge >= 0.3 is 5.97 Å². The summed E-state index contributed by atoms with van der Waals surface area (Å²) >= 11 is 1.34. The maximum Gasteiger partial charge on any atom is 0.313 e. The van der Waals surface area contributed by atoms with Crippen LogP contribution >= 0.6 is 11.8 Å². The molecular formula is C17H21NO3S. The van der Waals surface area contributed by atoms with Crippen LogP contribution in [0.1, 0.15) is 30.4 Å². The topological polar surface area (TPSA) is 66.4 Å². The van der Waals surface area contributed by atoms with E-state index in [4.69, 9.17) is 5.11 Å². The number of carboxylic acid groups (broad SMARTS) is 1. The molecule has 0 bridgehead atoms. The fourth-order valence-corrected chi connectivity index (χ4v) is 4.27. The molecule has 0 saturated heterocycles. The van der Waals surface area contributed by atoms with Crippen molar-refractivity contribution in [1.29, 1.82) is 0 Å². The third-order valence-corrected chi connectivity index (χ3v) is 5.73. The molecule has 2 aliphatic rings. The molecule has 1 amide bonds. The first-order chi connectivity index (χ1) is 10.6. The summed E-state index contributed by atoms with van der Waals surface area (Å²) in [5, 5.41) is 11.5. The van der Waals surface area contributed by atoms with E-state index in [1.165, 1.54) is 22.9 Å². The fourth-order valence-electron chi connectivity index (χ4n) is 3.70. The Morgan fingerprint density at radius 1 is 1.36 bits per heavy atom. The van der Waals surface area contributed by atoms with E-state index in [0.717, 1.165) is 25.7 Å². The molecule has 118 valence electrons. The van der Waals surface area contributed by atoms with Crippen LogP contribution in [0.5, 0.6) is 0 Å². The van der Waals surface area contributed by atoms with E-state index < -0.39 is 5.97 Å². The Labute approximate surface area is 134 Å². The standard InChI is InChI=1S/C17H21NO3S/c19-15(20)11-22-9-8-18-16(21)14-10-17(14)7-3-5-12-4-1-2-6-13(12)17/h1-2,4,6,14H,3,5,7-11H2,(H,18,21)(H,19,20). The van der Waals surface area contributed by atoms with E-state index >= 15 is 0 Å². The van der Waals surface area contributed by atoms with Gasteiger partial charge in [0.1, 0.15) is 0 Å². The van der Waals surface area contributed by atoms with Gasteiger partial charge in [-0.2, -0.15) is 0 Å². The van der Waals surface area contributed by atoms with Gasteiger partial charge in [0.2, 0.25) is 5.91 Å². The van der Waals surface area contributed by atoms with E-state index in [1.807, 2.05) is 0 Å². The maximum absolute atomic E-state index is 12.3. The minimum Gasteiger partial charge on any atom is -0.481 e. The molecular weight excluding hydrogens is 298 g/mol.